The van der Waals surface area contributed by atoms with Crippen LogP contribution in [0.1, 0.15) is 29.5 Å². The predicted octanol–water partition coefficient (Wildman–Crippen LogP) is 5.37. The first-order valence-corrected chi connectivity index (χ1v) is 9.09. The van der Waals surface area contributed by atoms with Crippen molar-refractivity contribution in [1.29, 1.82) is 0 Å². The van der Waals surface area contributed by atoms with Gasteiger partial charge in [0.1, 0.15) is 5.03 Å². The number of hydrogen-bond acceptors (Lipinski definition) is 3. The standard InChI is InChI=1S/C16H15BrClNOS/c17-14-11-6-2-3-7-12(11)15(20)19-16(14)21-9-10-5-1-4-8-13(10)18/h1,4-5,8H,2-3,6-7,9H2,(H,19,20). The zero-order valence-electron chi connectivity index (χ0n) is 11.4. The van der Waals surface area contributed by atoms with Crippen molar-refractivity contribution >= 4 is 39.3 Å². The van der Waals surface area contributed by atoms with Crippen LogP contribution in [0, 0.1) is 0 Å². The summed E-state index contributed by atoms with van der Waals surface area (Å²) in [4.78, 5) is 4.36. The molecule has 1 aromatic heterocycles. The highest BCUT2D eigenvalue weighted by Crippen LogP contribution is 2.39. The summed E-state index contributed by atoms with van der Waals surface area (Å²) < 4.78 is 1.03. The van der Waals surface area contributed by atoms with E-state index in [1.54, 1.807) is 11.8 Å². The van der Waals surface area contributed by atoms with Crippen molar-refractivity contribution in [1.82, 2.24) is 4.98 Å². The van der Waals surface area contributed by atoms with Crippen molar-refractivity contribution in [2.75, 3.05) is 0 Å². The normalized spacial score (nSPS) is 14.0. The fourth-order valence-corrected chi connectivity index (χ4v) is 4.69. The maximum atomic E-state index is 10.1. The SMILES string of the molecule is Oc1nc(SCc2ccccc2Cl)c(Br)c2c1CCCC2. The van der Waals surface area contributed by atoms with Crippen molar-refractivity contribution in [3.8, 4) is 5.88 Å². The Balaban J connectivity index is 1.86. The molecule has 2 nitrogen and oxygen atoms in total. The molecule has 110 valence electrons. The van der Waals surface area contributed by atoms with E-state index < -0.39 is 0 Å². The van der Waals surface area contributed by atoms with E-state index in [9.17, 15) is 5.11 Å². The second-order valence-electron chi connectivity index (χ2n) is 5.10. The monoisotopic (exact) mass is 383 g/mol. The molecule has 3 rings (SSSR count). The van der Waals surface area contributed by atoms with Crippen molar-refractivity contribution in [2.24, 2.45) is 0 Å². The molecule has 1 aliphatic carbocycles. The molecule has 0 spiro atoms. The first-order chi connectivity index (χ1) is 10.2. The van der Waals surface area contributed by atoms with Crippen LogP contribution >= 0.6 is 39.3 Å². The molecule has 0 fully saturated rings. The number of nitrogens with zero attached hydrogens (tertiary/aromatic N) is 1. The largest absolute Gasteiger partial charge is 0.493 e. The summed E-state index contributed by atoms with van der Waals surface area (Å²) in [7, 11) is 0. The Bertz CT molecular complexity index is 678. The fraction of sp³-hybridized carbons (Fsp3) is 0.312. The predicted molar refractivity (Wildman–Crippen MR) is 91.3 cm³/mol. The van der Waals surface area contributed by atoms with E-state index in [-0.39, 0.29) is 5.88 Å². The molecular weight excluding hydrogens is 370 g/mol. The molecule has 0 saturated heterocycles. The van der Waals surface area contributed by atoms with Crippen LogP contribution in [-0.4, -0.2) is 10.1 Å². The Morgan fingerprint density at radius 2 is 1.90 bits per heavy atom. The third-order valence-electron chi connectivity index (χ3n) is 3.72. The van der Waals surface area contributed by atoms with Gasteiger partial charge in [0.2, 0.25) is 5.88 Å². The molecule has 0 saturated carbocycles. The van der Waals surface area contributed by atoms with Crippen LogP contribution in [0.4, 0.5) is 0 Å². The lowest BCUT2D eigenvalue weighted by atomic mass is 9.93. The summed E-state index contributed by atoms with van der Waals surface area (Å²) in [5.41, 5.74) is 3.31. The van der Waals surface area contributed by atoms with Gasteiger partial charge in [0.05, 0.1) is 4.47 Å². The Labute approximate surface area is 142 Å². The Morgan fingerprint density at radius 1 is 1.19 bits per heavy atom. The maximum Gasteiger partial charge on any atom is 0.215 e. The average molecular weight is 385 g/mol. The third kappa shape index (κ3) is 3.22. The summed E-state index contributed by atoms with van der Waals surface area (Å²) in [5, 5.41) is 11.7. The summed E-state index contributed by atoms with van der Waals surface area (Å²) >= 11 is 11.4. The van der Waals surface area contributed by atoms with Gasteiger partial charge >= 0.3 is 0 Å². The molecule has 2 aromatic rings. The number of rotatable bonds is 3. The van der Waals surface area contributed by atoms with E-state index in [2.05, 4.69) is 20.9 Å². The van der Waals surface area contributed by atoms with Gasteiger partial charge in [-0.25, -0.2) is 4.98 Å². The molecule has 1 aromatic carbocycles. The second-order valence-corrected chi connectivity index (χ2v) is 7.26. The Kier molecular flexibility index (Phi) is 4.77. The third-order valence-corrected chi connectivity index (χ3v) is 6.23. The summed E-state index contributed by atoms with van der Waals surface area (Å²) in [5.74, 6) is 0.929. The van der Waals surface area contributed by atoms with Crippen LogP contribution in [0.3, 0.4) is 0 Å². The van der Waals surface area contributed by atoms with Gasteiger partial charge in [0.25, 0.3) is 0 Å². The van der Waals surface area contributed by atoms with Gasteiger partial charge in [-0.2, -0.15) is 0 Å². The van der Waals surface area contributed by atoms with Gasteiger partial charge in [-0.05, 0) is 58.8 Å². The van der Waals surface area contributed by atoms with Crippen molar-refractivity contribution in [3.63, 3.8) is 0 Å². The number of pyridine rings is 1. The second kappa shape index (κ2) is 6.59. The average Bonchev–Trinajstić information content (AvgIpc) is 2.51. The van der Waals surface area contributed by atoms with Crippen LogP contribution in [0.5, 0.6) is 5.88 Å². The molecule has 0 bridgehead atoms. The minimum Gasteiger partial charge on any atom is -0.493 e. The first kappa shape index (κ1) is 15.2. The molecule has 0 atom stereocenters. The zero-order chi connectivity index (χ0) is 14.8. The van der Waals surface area contributed by atoms with Crippen molar-refractivity contribution in [3.05, 3.63) is 50.5 Å². The van der Waals surface area contributed by atoms with Crippen LogP contribution in [0.2, 0.25) is 5.02 Å². The summed E-state index contributed by atoms with van der Waals surface area (Å²) in [6.07, 6.45) is 4.22. The molecule has 0 amide bonds. The van der Waals surface area contributed by atoms with E-state index in [0.29, 0.717) is 0 Å². The van der Waals surface area contributed by atoms with E-state index in [1.165, 1.54) is 12.0 Å². The number of benzene rings is 1. The fourth-order valence-electron chi connectivity index (χ4n) is 2.59. The topological polar surface area (TPSA) is 33.1 Å². The number of fused-ring (bicyclic) bond motifs is 1. The lowest BCUT2D eigenvalue weighted by molar-refractivity contribution is 0.434. The minimum atomic E-state index is 0.189. The molecule has 1 heterocycles. The Hall–Kier alpha value is -0.710. The van der Waals surface area contributed by atoms with Gasteiger partial charge in [-0.3, -0.25) is 0 Å². The molecule has 1 aliphatic rings. The lowest BCUT2D eigenvalue weighted by Gasteiger charge is -2.19. The smallest absolute Gasteiger partial charge is 0.215 e. The number of aromatic hydroxyl groups is 1. The van der Waals surface area contributed by atoms with Crippen LogP contribution in [0.15, 0.2) is 33.8 Å². The minimum absolute atomic E-state index is 0.189. The van der Waals surface area contributed by atoms with Crippen LogP contribution < -0.4 is 0 Å². The highest BCUT2D eigenvalue weighted by Gasteiger charge is 2.20. The summed E-state index contributed by atoms with van der Waals surface area (Å²) in [6, 6.07) is 7.82. The van der Waals surface area contributed by atoms with Gasteiger partial charge in [-0.15, -0.1) is 11.8 Å². The molecular formula is C16H15BrClNOS. The van der Waals surface area contributed by atoms with Crippen LogP contribution in [0.25, 0.3) is 0 Å². The number of thioether (sulfide) groups is 1. The van der Waals surface area contributed by atoms with Crippen molar-refractivity contribution < 1.29 is 5.11 Å². The molecule has 5 heteroatoms. The zero-order valence-corrected chi connectivity index (χ0v) is 14.6. The van der Waals surface area contributed by atoms with E-state index in [0.717, 1.165) is 50.7 Å². The van der Waals surface area contributed by atoms with Gasteiger partial charge in [0.15, 0.2) is 0 Å². The lowest BCUT2D eigenvalue weighted by Crippen LogP contribution is -2.06. The van der Waals surface area contributed by atoms with Crippen molar-refractivity contribution in [2.45, 2.75) is 36.5 Å². The molecule has 21 heavy (non-hydrogen) atoms. The van der Waals surface area contributed by atoms with E-state index in [4.69, 9.17) is 11.6 Å². The van der Waals surface area contributed by atoms with Gasteiger partial charge in [-0.1, -0.05) is 29.8 Å². The van der Waals surface area contributed by atoms with E-state index in [1.807, 2.05) is 24.3 Å². The highest BCUT2D eigenvalue weighted by molar-refractivity contribution is 9.10. The molecule has 0 radical (unpaired) electrons. The van der Waals surface area contributed by atoms with Gasteiger partial charge < -0.3 is 5.11 Å². The Morgan fingerprint density at radius 3 is 2.67 bits per heavy atom. The summed E-state index contributed by atoms with van der Waals surface area (Å²) in [6.45, 7) is 0. The van der Waals surface area contributed by atoms with E-state index >= 15 is 0 Å². The molecule has 1 N–H and O–H groups in total. The number of aromatic nitrogens is 1. The number of halogens is 2. The van der Waals surface area contributed by atoms with Crippen LogP contribution in [-0.2, 0) is 18.6 Å². The first-order valence-electron chi connectivity index (χ1n) is 6.93. The quantitative estimate of drug-likeness (QED) is 0.722. The van der Waals surface area contributed by atoms with Gasteiger partial charge in [0, 0.05) is 16.3 Å². The maximum absolute atomic E-state index is 10.1. The molecule has 0 unspecified atom stereocenters. The highest BCUT2D eigenvalue weighted by atomic mass is 79.9. The number of hydrogen-bond donors (Lipinski definition) is 1. The molecule has 0 aliphatic heterocycles.